The summed E-state index contributed by atoms with van der Waals surface area (Å²) in [4.78, 5) is 5.04. The molecule has 0 spiro atoms. The second-order valence-corrected chi connectivity index (χ2v) is 22.8. The Balaban J connectivity index is 0.980. The molecule has 2 aliphatic carbocycles. The van der Waals surface area contributed by atoms with Crippen LogP contribution in [0.3, 0.4) is 0 Å². The Kier molecular flexibility index (Phi) is 11.7. The summed E-state index contributed by atoms with van der Waals surface area (Å²) in [6.07, 6.45) is 7.88. The zero-order valence-electron chi connectivity index (χ0n) is 46.9. The second-order valence-electron chi connectivity index (χ2n) is 22.8. The number of hydrogen-bond donors (Lipinski definition) is 0. The van der Waals surface area contributed by atoms with E-state index in [0.717, 1.165) is 62.2 Å². The van der Waals surface area contributed by atoms with E-state index in [-0.39, 0.29) is 6.04 Å². The van der Waals surface area contributed by atoms with Crippen molar-refractivity contribution in [1.29, 1.82) is 0 Å². The molecule has 1 unspecified atom stereocenters. The molecule has 0 bridgehead atoms. The molecule has 0 aliphatic heterocycles. The highest BCUT2D eigenvalue weighted by atomic mass is 16.3. The van der Waals surface area contributed by atoms with Gasteiger partial charge in [0.1, 0.15) is 5.58 Å². The Hall–Kier alpha value is -10.5. The number of nitrogens with zero attached hydrogens (tertiary/aromatic N) is 2. The maximum atomic E-state index is 7.42. The van der Waals surface area contributed by atoms with Gasteiger partial charge in [0.05, 0.1) is 22.8 Å². The van der Waals surface area contributed by atoms with Crippen LogP contribution < -0.4 is 9.80 Å². The number of aryl methyl sites for hydroxylation is 1. The van der Waals surface area contributed by atoms with E-state index in [0.29, 0.717) is 0 Å². The Morgan fingerprint density at radius 2 is 0.893 bits per heavy atom. The normalized spacial score (nSPS) is 14.3. The van der Waals surface area contributed by atoms with Crippen LogP contribution in [-0.4, -0.2) is 6.04 Å². The first-order valence-electron chi connectivity index (χ1n) is 29.3. The molecule has 0 saturated carbocycles. The standard InChI is InChI=1S/C81H58N2O/c1-53-29-41-65(42-30-53)82(67-45-37-57(38-46-67)61-35-33-55-17-9-11-19-59(55)49-61)74-51-72-77(70-26-14-13-25-69(70)74)79-73(81(72,63-21-5-3-6-22-63)64-23-7-4-8-24-64)52-75(80-78(79)71-27-15-16-28-76(71)84-80)83(66-43-31-54(2)32-44-66)68-47-39-58(40-48-68)62-36-34-56-18-10-12-20-60(56)50-62/h3-43,45-52,66H,44H2,1-2H3. The third-order valence-electron chi connectivity index (χ3n) is 17.9. The monoisotopic (exact) mass is 1070 g/mol. The van der Waals surface area contributed by atoms with Gasteiger partial charge in [-0.3, -0.25) is 0 Å². The molecule has 1 heterocycles. The summed E-state index contributed by atoms with van der Waals surface area (Å²) in [5, 5.41) is 9.50. The summed E-state index contributed by atoms with van der Waals surface area (Å²) in [5.74, 6) is 0. The lowest BCUT2D eigenvalue weighted by atomic mass is 9.67. The van der Waals surface area contributed by atoms with Crippen molar-refractivity contribution in [2.45, 2.75) is 31.7 Å². The summed E-state index contributed by atoms with van der Waals surface area (Å²) in [7, 11) is 0. The highest BCUT2D eigenvalue weighted by molar-refractivity contribution is 6.23. The fraction of sp³-hybridized carbons (Fsp3) is 0.0617. The minimum absolute atomic E-state index is 0.00978. The van der Waals surface area contributed by atoms with Gasteiger partial charge in [0.2, 0.25) is 0 Å². The van der Waals surface area contributed by atoms with E-state index < -0.39 is 5.41 Å². The summed E-state index contributed by atoms with van der Waals surface area (Å²) in [6.45, 7) is 4.37. The molecule has 0 fully saturated rings. The van der Waals surface area contributed by atoms with Crippen molar-refractivity contribution >= 4 is 82.7 Å². The second kappa shape index (κ2) is 19.9. The third-order valence-corrected chi connectivity index (χ3v) is 17.9. The van der Waals surface area contributed by atoms with Gasteiger partial charge in [0.15, 0.2) is 5.58 Å². The Morgan fingerprint density at radius 3 is 1.49 bits per heavy atom. The van der Waals surface area contributed by atoms with Crippen LogP contribution in [0.4, 0.5) is 28.4 Å². The van der Waals surface area contributed by atoms with Gasteiger partial charge >= 0.3 is 0 Å². The molecule has 3 heteroatoms. The van der Waals surface area contributed by atoms with Gasteiger partial charge in [-0.25, -0.2) is 0 Å². The Bertz CT molecular complexity index is 4900. The molecule has 0 N–H and O–H groups in total. The Morgan fingerprint density at radius 1 is 0.405 bits per heavy atom. The molecule has 0 amide bonds. The number of rotatable bonds is 10. The third kappa shape index (κ3) is 7.95. The molecule has 16 rings (SSSR count). The summed E-state index contributed by atoms with van der Waals surface area (Å²) in [6, 6.07) is 104. The van der Waals surface area contributed by atoms with Gasteiger partial charge in [0, 0.05) is 33.2 Å². The lowest BCUT2D eigenvalue weighted by Gasteiger charge is -2.37. The fourth-order valence-corrected chi connectivity index (χ4v) is 13.9. The van der Waals surface area contributed by atoms with Crippen LogP contribution in [0, 0.1) is 6.92 Å². The van der Waals surface area contributed by atoms with Crippen molar-refractivity contribution in [2.24, 2.45) is 0 Å². The maximum absolute atomic E-state index is 7.42. The van der Waals surface area contributed by atoms with E-state index in [9.17, 15) is 0 Å². The smallest absolute Gasteiger partial charge is 0.159 e. The van der Waals surface area contributed by atoms with Crippen molar-refractivity contribution < 1.29 is 4.42 Å². The number of fused-ring (bicyclic) bond motifs is 11. The first-order chi connectivity index (χ1) is 41.5. The van der Waals surface area contributed by atoms with E-state index >= 15 is 0 Å². The molecule has 3 nitrogen and oxygen atoms in total. The van der Waals surface area contributed by atoms with E-state index in [1.807, 2.05) is 0 Å². The lowest BCUT2D eigenvalue weighted by Crippen LogP contribution is -2.32. The van der Waals surface area contributed by atoms with Crippen molar-refractivity contribution in [3.63, 3.8) is 0 Å². The number of allylic oxidation sites excluding steroid dienone is 2. The topological polar surface area (TPSA) is 19.6 Å². The molecular weight excluding hydrogens is 1020 g/mol. The average molecular weight is 1080 g/mol. The molecule has 2 aliphatic rings. The zero-order chi connectivity index (χ0) is 55.9. The van der Waals surface area contributed by atoms with E-state index in [1.54, 1.807) is 0 Å². The van der Waals surface area contributed by atoms with Gasteiger partial charge in [-0.15, -0.1) is 0 Å². The maximum Gasteiger partial charge on any atom is 0.159 e. The fourth-order valence-electron chi connectivity index (χ4n) is 13.9. The van der Waals surface area contributed by atoms with Crippen LogP contribution in [0.5, 0.6) is 0 Å². The van der Waals surface area contributed by atoms with Crippen LogP contribution in [0.25, 0.3) is 87.6 Å². The number of benzene rings is 13. The lowest BCUT2D eigenvalue weighted by molar-refractivity contribution is 0.663. The molecule has 13 aromatic carbocycles. The van der Waals surface area contributed by atoms with E-state index in [1.165, 1.54) is 93.7 Å². The van der Waals surface area contributed by atoms with E-state index in [4.69, 9.17) is 4.42 Å². The van der Waals surface area contributed by atoms with Crippen LogP contribution in [-0.2, 0) is 5.41 Å². The first kappa shape index (κ1) is 49.3. The molecule has 0 radical (unpaired) electrons. The van der Waals surface area contributed by atoms with Gasteiger partial charge in [0.25, 0.3) is 0 Å². The number of furan rings is 1. The van der Waals surface area contributed by atoms with Crippen molar-refractivity contribution in [3.8, 4) is 33.4 Å². The summed E-state index contributed by atoms with van der Waals surface area (Å²) >= 11 is 0. The number of para-hydroxylation sites is 1. The highest BCUT2D eigenvalue weighted by Gasteiger charge is 2.49. The van der Waals surface area contributed by atoms with E-state index in [2.05, 4.69) is 321 Å². The molecule has 14 aromatic rings. The largest absolute Gasteiger partial charge is 0.454 e. The van der Waals surface area contributed by atoms with Crippen molar-refractivity contribution in [3.05, 3.63) is 331 Å². The zero-order valence-corrected chi connectivity index (χ0v) is 46.9. The molecule has 398 valence electrons. The minimum atomic E-state index is -0.809. The van der Waals surface area contributed by atoms with Gasteiger partial charge in [-0.1, -0.05) is 242 Å². The predicted octanol–water partition coefficient (Wildman–Crippen LogP) is 21.9. The molecule has 1 aromatic heterocycles. The Labute approximate surface area is 490 Å². The van der Waals surface area contributed by atoms with Gasteiger partial charge in [-0.05, 0) is 170 Å². The molecule has 84 heavy (non-hydrogen) atoms. The van der Waals surface area contributed by atoms with Crippen LogP contribution in [0.1, 0.15) is 41.2 Å². The highest BCUT2D eigenvalue weighted by Crippen LogP contribution is 2.63. The first-order valence-corrected chi connectivity index (χ1v) is 29.3. The van der Waals surface area contributed by atoms with Crippen LogP contribution >= 0.6 is 0 Å². The number of hydrogen-bond acceptors (Lipinski definition) is 3. The minimum Gasteiger partial charge on any atom is -0.454 e. The molecular formula is C81H58N2O. The van der Waals surface area contributed by atoms with Gasteiger partial charge < -0.3 is 14.2 Å². The molecule has 0 saturated heterocycles. The van der Waals surface area contributed by atoms with Crippen molar-refractivity contribution in [2.75, 3.05) is 9.80 Å². The number of anilines is 5. The van der Waals surface area contributed by atoms with Crippen LogP contribution in [0.15, 0.2) is 307 Å². The molecule has 1 atom stereocenters. The summed E-state index contributed by atoms with van der Waals surface area (Å²) in [5.41, 5.74) is 20.8. The average Bonchev–Trinajstić information content (AvgIpc) is 1.59. The van der Waals surface area contributed by atoms with Gasteiger partial charge in [-0.2, -0.15) is 0 Å². The quantitative estimate of drug-likeness (QED) is 0.136. The predicted molar refractivity (Wildman–Crippen MR) is 354 cm³/mol. The summed E-state index contributed by atoms with van der Waals surface area (Å²) < 4.78 is 7.42. The van der Waals surface area contributed by atoms with Crippen LogP contribution in [0.2, 0.25) is 0 Å². The SMILES string of the molecule is CC1=CCC(N(c2ccc(-c3ccc4ccccc4c3)cc2)c2cc3c(c4c2oc2ccccc24)-c2c(cc(N(c4ccc(C)cc4)c4ccc(-c5ccc6ccccc6c5)cc4)c4ccccc24)C3(c2ccccc2)c2ccccc2)C=C1. The van der Waals surface area contributed by atoms with Crippen molar-refractivity contribution in [1.82, 2.24) is 0 Å².